The van der Waals surface area contributed by atoms with Crippen molar-refractivity contribution >= 4 is 0 Å². The van der Waals surface area contributed by atoms with Gasteiger partial charge in [0.15, 0.2) is 0 Å². The van der Waals surface area contributed by atoms with Gasteiger partial charge >= 0.3 is 0 Å². The van der Waals surface area contributed by atoms with Crippen molar-refractivity contribution in [1.29, 1.82) is 0 Å². The highest BCUT2D eigenvalue weighted by molar-refractivity contribution is 5.33. The number of rotatable bonds is 5. The van der Waals surface area contributed by atoms with Crippen LogP contribution in [0.15, 0.2) is 18.2 Å². The minimum absolute atomic E-state index is 0.146. The van der Waals surface area contributed by atoms with E-state index in [9.17, 15) is 4.39 Å². The van der Waals surface area contributed by atoms with E-state index in [0.717, 1.165) is 12.1 Å². The highest BCUT2D eigenvalue weighted by Crippen LogP contribution is 2.44. The van der Waals surface area contributed by atoms with Gasteiger partial charge in [-0.25, -0.2) is 4.39 Å². The second kappa shape index (κ2) is 6.23. The summed E-state index contributed by atoms with van der Waals surface area (Å²) in [4.78, 5) is 2.37. The third-order valence-corrected chi connectivity index (χ3v) is 4.85. The van der Waals surface area contributed by atoms with Gasteiger partial charge in [0.05, 0.1) is 6.04 Å². The first-order valence-corrected chi connectivity index (χ1v) is 7.68. The molecule has 1 aromatic rings. The van der Waals surface area contributed by atoms with E-state index in [1.54, 1.807) is 12.1 Å². The van der Waals surface area contributed by atoms with Crippen molar-refractivity contribution in [2.75, 3.05) is 20.6 Å². The summed E-state index contributed by atoms with van der Waals surface area (Å²) in [5, 5.41) is 3.66. The zero-order chi connectivity index (χ0) is 14.8. The molecule has 112 valence electrons. The summed E-state index contributed by atoms with van der Waals surface area (Å²) in [6.45, 7) is 5.09. The summed E-state index contributed by atoms with van der Waals surface area (Å²) in [5.41, 5.74) is 2.44. The minimum Gasteiger partial charge on any atom is -0.309 e. The molecular weight excluding hydrogens is 251 g/mol. The first-order valence-electron chi connectivity index (χ1n) is 7.68. The van der Waals surface area contributed by atoms with Crippen molar-refractivity contribution in [2.45, 2.75) is 51.1 Å². The predicted molar refractivity (Wildman–Crippen MR) is 82.4 cm³/mol. The standard InChI is InChI=1S/C17H27FN2/c1-5-19-16(15-9-8-14(18)12-13(15)2)17(20(3)4)10-6-7-11-17/h8-9,12,16,19H,5-7,10-11H2,1-4H3. The monoisotopic (exact) mass is 278 g/mol. The number of hydrogen-bond acceptors (Lipinski definition) is 2. The van der Waals surface area contributed by atoms with Gasteiger partial charge in [-0.15, -0.1) is 0 Å². The van der Waals surface area contributed by atoms with Gasteiger partial charge in [0.2, 0.25) is 0 Å². The SMILES string of the molecule is CCNC(c1ccc(F)cc1C)C1(N(C)C)CCCC1. The molecule has 0 saturated heterocycles. The molecule has 0 spiro atoms. The predicted octanol–water partition coefficient (Wildman–Crippen LogP) is 3.66. The van der Waals surface area contributed by atoms with Crippen LogP contribution < -0.4 is 5.32 Å². The van der Waals surface area contributed by atoms with Crippen LogP contribution in [0.1, 0.15) is 49.8 Å². The molecule has 20 heavy (non-hydrogen) atoms. The van der Waals surface area contributed by atoms with Crippen molar-refractivity contribution in [3.8, 4) is 0 Å². The number of nitrogens with one attached hydrogen (secondary N) is 1. The summed E-state index contributed by atoms with van der Waals surface area (Å²) in [5.74, 6) is -0.146. The van der Waals surface area contributed by atoms with Crippen LogP contribution in [0, 0.1) is 12.7 Å². The van der Waals surface area contributed by atoms with Gasteiger partial charge in [-0.1, -0.05) is 25.8 Å². The zero-order valence-electron chi connectivity index (χ0n) is 13.2. The van der Waals surface area contributed by atoms with Crippen LogP contribution in [0.25, 0.3) is 0 Å². The van der Waals surface area contributed by atoms with Crippen molar-refractivity contribution in [2.24, 2.45) is 0 Å². The normalized spacial score (nSPS) is 19.5. The molecule has 0 aromatic heterocycles. The van der Waals surface area contributed by atoms with Gasteiger partial charge in [-0.3, -0.25) is 0 Å². The van der Waals surface area contributed by atoms with Gasteiger partial charge in [-0.05, 0) is 63.7 Å². The van der Waals surface area contributed by atoms with Crippen LogP contribution in [0.4, 0.5) is 4.39 Å². The second-order valence-electron chi connectivity index (χ2n) is 6.20. The molecule has 1 unspecified atom stereocenters. The Labute approximate surface area is 122 Å². The Morgan fingerprint density at radius 3 is 2.45 bits per heavy atom. The van der Waals surface area contributed by atoms with E-state index in [2.05, 4.69) is 31.2 Å². The molecule has 2 rings (SSSR count). The molecule has 1 fully saturated rings. The van der Waals surface area contributed by atoms with Crippen LogP contribution in [-0.4, -0.2) is 31.1 Å². The summed E-state index contributed by atoms with van der Waals surface area (Å²) in [7, 11) is 4.35. The quantitative estimate of drug-likeness (QED) is 0.884. The summed E-state index contributed by atoms with van der Waals surface area (Å²) in [6, 6.07) is 5.47. The summed E-state index contributed by atoms with van der Waals surface area (Å²) < 4.78 is 13.4. The average Bonchev–Trinajstić information content (AvgIpc) is 2.87. The first kappa shape index (κ1) is 15.5. The lowest BCUT2D eigenvalue weighted by Crippen LogP contribution is -2.52. The minimum atomic E-state index is -0.146. The molecular formula is C17H27FN2. The molecule has 2 nitrogen and oxygen atoms in total. The smallest absolute Gasteiger partial charge is 0.123 e. The average molecular weight is 278 g/mol. The van der Waals surface area contributed by atoms with Crippen LogP contribution in [0.2, 0.25) is 0 Å². The molecule has 1 N–H and O–H groups in total. The maximum Gasteiger partial charge on any atom is 0.123 e. The fraction of sp³-hybridized carbons (Fsp3) is 0.647. The fourth-order valence-electron chi connectivity index (χ4n) is 3.74. The van der Waals surface area contributed by atoms with E-state index in [1.807, 2.05) is 13.0 Å². The topological polar surface area (TPSA) is 15.3 Å². The number of nitrogens with zero attached hydrogens (tertiary/aromatic N) is 1. The van der Waals surface area contributed by atoms with Crippen molar-refractivity contribution < 1.29 is 4.39 Å². The third-order valence-electron chi connectivity index (χ3n) is 4.85. The highest BCUT2D eigenvalue weighted by Gasteiger charge is 2.43. The first-order chi connectivity index (χ1) is 9.51. The van der Waals surface area contributed by atoms with Crippen LogP contribution in [-0.2, 0) is 0 Å². The molecule has 0 radical (unpaired) electrons. The number of halogens is 1. The van der Waals surface area contributed by atoms with E-state index in [-0.39, 0.29) is 17.4 Å². The molecule has 1 aromatic carbocycles. The van der Waals surface area contributed by atoms with E-state index in [0.29, 0.717) is 0 Å². The maximum absolute atomic E-state index is 13.4. The van der Waals surface area contributed by atoms with Crippen LogP contribution >= 0.6 is 0 Å². The molecule has 3 heteroatoms. The van der Waals surface area contributed by atoms with E-state index in [1.165, 1.54) is 31.2 Å². The van der Waals surface area contributed by atoms with Crippen molar-refractivity contribution in [1.82, 2.24) is 10.2 Å². The third kappa shape index (κ3) is 2.75. The molecule has 1 atom stereocenters. The van der Waals surface area contributed by atoms with E-state index < -0.39 is 0 Å². The summed E-state index contributed by atoms with van der Waals surface area (Å²) >= 11 is 0. The van der Waals surface area contributed by atoms with E-state index >= 15 is 0 Å². The highest BCUT2D eigenvalue weighted by atomic mass is 19.1. The Morgan fingerprint density at radius 2 is 1.95 bits per heavy atom. The van der Waals surface area contributed by atoms with Crippen molar-refractivity contribution in [3.05, 3.63) is 35.1 Å². The number of aryl methyl sites for hydroxylation is 1. The number of likely N-dealkylation sites (N-methyl/N-ethyl adjacent to an activating group) is 2. The van der Waals surface area contributed by atoms with Crippen molar-refractivity contribution in [3.63, 3.8) is 0 Å². The molecule has 1 saturated carbocycles. The Hall–Kier alpha value is -0.930. The Kier molecular flexibility index (Phi) is 4.82. The van der Waals surface area contributed by atoms with Crippen LogP contribution in [0.5, 0.6) is 0 Å². The molecule has 0 aliphatic heterocycles. The van der Waals surface area contributed by atoms with Crippen LogP contribution in [0.3, 0.4) is 0 Å². The lowest BCUT2D eigenvalue weighted by molar-refractivity contribution is 0.105. The van der Waals surface area contributed by atoms with E-state index in [4.69, 9.17) is 0 Å². The Morgan fingerprint density at radius 1 is 1.30 bits per heavy atom. The summed E-state index contributed by atoms with van der Waals surface area (Å²) in [6.07, 6.45) is 4.96. The van der Waals surface area contributed by atoms with Gasteiger partial charge in [-0.2, -0.15) is 0 Å². The maximum atomic E-state index is 13.4. The lowest BCUT2D eigenvalue weighted by atomic mass is 9.81. The van der Waals surface area contributed by atoms with Gasteiger partial charge in [0.1, 0.15) is 5.82 Å². The Bertz CT molecular complexity index is 450. The lowest BCUT2D eigenvalue weighted by Gasteiger charge is -2.44. The van der Waals surface area contributed by atoms with Gasteiger partial charge in [0, 0.05) is 5.54 Å². The zero-order valence-corrected chi connectivity index (χ0v) is 13.2. The molecule has 1 aliphatic rings. The molecule has 0 bridgehead atoms. The molecule has 0 heterocycles. The number of benzene rings is 1. The fourth-order valence-corrected chi connectivity index (χ4v) is 3.74. The molecule has 0 amide bonds. The Balaban J connectivity index is 2.44. The van der Waals surface area contributed by atoms with Gasteiger partial charge in [0.25, 0.3) is 0 Å². The second-order valence-corrected chi connectivity index (χ2v) is 6.20. The largest absolute Gasteiger partial charge is 0.309 e. The number of hydrogen-bond donors (Lipinski definition) is 1. The molecule has 1 aliphatic carbocycles. The van der Waals surface area contributed by atoms with Gasteiger partial charge < -0.3 is 10.2 Å².